The minimum Gasteiger partial charge on any atom is -0.456 e. The number of hydrogen-bond acceptors (Lipinski definition) is 2. The Labute approximate surface area is 165 Å². The number of hydrogen-bond donors (Lipinski definition) is 0. The van der Waals surface area contributed by atoms with E-state index in [2.05, 4.69) is 76.2 Å². The average Bonchev–Trinajstić information content (AvgIpc) is 3.26. The second-order valence-corrected chi connectivity index (χ2v) is 8.18. The van der Waals surface area contributed by atoms with Crippen LogP contribution in [0, 0.1) is 0 Å². The molecule has 2 aromatic heterocycles. The SMILES string of the molecule is CCC(C)c1ccc2c(c1)oc1cc3c(cc12)oc1cc(C(C)CC)ccc13. The third-order valence-corrected chi connectivity index (χ3v) is 6.48. The van der Waals surface area contributed by atoms with Gasteiger partial charge in [0.05, 0.1) is 0 Å². The predicted octanol–water partition coefficient (Wildman–Crippen LogP) is 8.51. The van der Waals surface area contributed by atoms with Crippen molar-refractivity contribution in [2.45, 2.75) is 52.4 Å². The van der Waals surface area contributed by atoms with Crippen LogP contribution in [0.4, 0.5) is 0 Å². The fourth-order valence-electron chi connectivity index (χ4n) is 4.16. The van der Waals surface area contributed by atoms with E-state index >= 15 is 0 Å². The average molecular weight is 370 g/mol. The summed E-state index contributed by atoms with van der Waals surface area (Å²) in [6.45, 7) is 8.96. The molecule has 142 valence electrons. The van der Waals surface area contributed by atoms with Gasteiger partial charge in [-0.15, -0.1) is 0 Å². The van der Waals surface area contributed by atoms with Gasteiger partial charge in [0.15, 0.2) is 0 Å². The van der Waals surface area contributed by atoms with Gasteiger partial charge in [-0.1, -0.05) is 52.0 Å². The Hall–Kier alpha value is -2.74. The summed E-state index contributed by atoms with van der Waals surface area (Å²) < 4.78 is 12.5. The van der Waals surface area contributed by atoms with Crippen LogP contribution in [0.1, 0.15) is 63.5 Å². The predicted molar refractivity (Wildman–Crippen MR) is 118 cm³/mol. The first-order valence-corrected chi connectivity index (χ1v) is 10.4. The van der Waals surface area contributed by atoms with Crippen molar-refractivity contribution in [1.29, 1.82) is 0 Å². The Morgan fingerprint density at radius 3 is 1.36 bits per heavy atom. The van der Waals surface area contributed by atoms with Crippen molar-refractivity contribution in [2.24, 2.45) is 0 Å². The number of benzene rings is 3. The summed E-state index contributed by atoms with van der Waals surface area (Å²) in [5.41, 5.74) is 6.45. The smallest absolute Gasteiger partial charge is 0.136 e. The van der Waals surface area contributed by atoms with Gasteiger partial charge in [0.1, 0.15) is 22.3 Å². The lowest BCUT2D eigenvalue weighted by Gasteiger charge is -2.07. The van der Waals surface area contributed by atoms with E-state index in [-0.39, 0.29) is 0 Å². The number of rotatable bonds is 4. The highest BCUT2D eigenvalue weighted by atomic mass is 16.3. The van der Waals surface area contributed by atoms with Crippen LogP contribution in [0.25, 0.3) is 43.9 Å². The Bertz CT molecular complexity index is 1210. The molecule has 0 aliphatic rings. The normalized spacial score (nSPS) is 14.4. The molecular weight excluding hydrogens is 344 g/mol. The summed E-state index contributed by atoms with van der Waals surface area (Å²) in [7, 11) is 0. The third-order valence-electron chi connectivity index (χ3n) is 6.48. The van der Waals surface area contributed by atoms with Gasteiger partial charge >= 0.3 is 0 Å². The highest BCUT2D eigenvalue weighted by molar-refractivity contribution is 6.14. The van der Waals surface area contributed by atoms with Crippen LogP contribution >= 0.6 is 0 Å². The molecule has 5 rings (SSSR count). The fraction of sp³-hybridized carbons (Fsp3) is 0.308. The molecule has 2 nitrogen and oxygen atoms in total. The summed E-state index contributed by atoms with van der Waals surface area (Å²) in [5, 5.41) is 4.56. The molecule has 2 atom stereocenters. The van der Waals surface area contributed by atoms with E-state index in [1.807, 2.05) is 0 Å². The molecule has 0 spiro atoms. The van der Waals surface area contributed by atoms with Gasteiger partial charge < -0.3 is 8.83 Å². The van der Waals surface area contributed by atoms with Gasteiger partial charge in [-0.2, -0.15) is 0 Å². The molecule has 0 saturated carbocycles. The van der Waals surface area contributed by atoms with E-state index in [0.29, 0.717) is 11.8 Å². The van der Waals surface area contributed by atoms with Crippen molar-refractivity contribution in [3.63, 3.8) is 0 Å². The van der Waals surface area contributed by atoms with E-state index in [4.69, 9.17) is 8.83 Å². The van der Waals surface area contributed by atoms with Crippen LogP contribution in [0.2, 0.25) is 0 Å². The Morgan fingerprint density at radius 2 is 0.964 bits per heavy atom. The quantitative estimate of drug-likeness (QED) is 0.317. The minimum atomic E-state index is 0.539. The molecule has 0 bridgehead atoms. The molecule has 2 heterocycles. The Kier molecular flexibility index (Phi) is 3.97. The lowest BCUT2D eigenvalue weighted by molar-refractivity contribution is 0.660. The standard InChI is InChI=1S/C26H26O2/c1-5-15(3)17-7-9-19-21-13-26-22(14-25(21)27-23(19)11-17)20-10-8-18(16(4)6-2)12-24(20)28-26/h7-16H,5-6H2,1-4H3. The van der Waals surface area contributed by atoms with Gasteiger partial charge in [-0.05, 0) is 60.1 Å². The second-order valence-electron chi connectivity index (χ2n) is 8.18. The lowest BCUT2D eigenvalue weighted by Crippen LogP contribution is -1.89. The van der Waals surface area contributed by atoms with Crippen molar-refractivity contribution in [1.82, 2.24) is 0 Å². The van der Waals surface area contributed by atoms with Gasteiger partial charge in [-0.25, -0.2) is 0 Å². The van der Waals surface area contributed by atoms with Gasteiger partial charge in [-0.3, -0.25) is 0 Å². The largest absolute Gasteiger partial charge is 0.456 e. The topological polar surface area (TPSA) is 26.3 Å². The fourth-order valence-corrected chi connectivity index (χ4v) is 4.16. The minimum absolute atomic E-state index is 0.539. The maximum absolute atomic E-state index is 6.25. The molecule has 3 aromatic carbocycles. The van der Waals surface area contributed by atoms with Crippen molar-refractivity contribution >= 4 is 43.9 Å². The van der Waals surface area contributed by atoms with Gasteiger partial charge in [0.2, 0.25) is 0 Å². The Morgan fingerprint density at radius 1 is 0.571 bits per heavy atom. The van der Waals surface area contributed by atoms with E-state index < -0.39 is 0 Å². The molecule has 0 N–H and O–H groups in total. The summed E-state index contributed by atoms with van der Waals surface area (Å²) in [5.74, 6) is 1.08. The van der Waals surface area contributed by atoms with E-state index in [0.717, 1.165) is 56.7 Å². The van der Waals surface area contributed by atoms with Crippen LogP contribution in [0.5, 0.6) is 0 Å². The van der Waals surface area contributed by atoms with E-state index in [1.165, 1.54) is 11.1 Å². The third kappa shape index (κ3) is 2.55. The molecular formula is C26H26O2. The first-order chi connectivity index (χ1) is 13.6. The molecule has 0 radical (unpaired) electrons. The maximum Gasteiger partial charge on any atom is 0.136 e. The molecule has 5 aromatic rings. The molecule has 0 aliphatic carbocycles. The lowest BCUT2D eigenvalue weighted by atomic mass is 9.97. The van der Waals surface area contributed by atoms with Gasteiger partial charge in [0.25, 0.3) is 0 Å². The zero-order valence-electron chi connectivity index (χ0n) is 17.0. The van der Waals surface area contributed by atoms with Crippen LogP contribution in [-0.2, 0) is 0 Å². The number of furan rings is 2. The van der Waals surface area contributed by atoms with Crippen molar-refractivity contribution < 1.29 is 8.83 Å². The highest BCUT2D eigenvalue weighted by Gasteiger charge is 2.15. The van der Waals surface area contributed by atoms with Crippen molar-refractivity contribution in [3.05, 3.63) is 59.7 Å². The second kappa shape index (κ2) is 6.41. The van der Waals surface area contributed by atoms with Crippen molar-refractivity contribution in [2.75, 3.05) is 0 Å². The molecule has 2 unspecified atom stereocenters. The number of fused-ring (bicyclic) bond motifs is 6. The molecule has 28 heavy (non-hydrogen) atoms. The summed E-state index contributed by atoms with van der Waals surface area (Å²) in [6, 6.07) is 17.5. The van der Waals surface area contributed by atoms with E-state index in [9.17, 15) is 0 Å². The highest BCUT2D eigenvalue weighted by Crippen LogP contribution is 2.38. The van der Waals surface area contributed by atoms with Crippen LogP contribution in [-0.4, -0.2) is 0 Å². The molecule has 0 aliphatic heterocycles. The molecule has 0 fully saturated rings. The van der Waals surface area contributed by atoms with E-state index in [1.54, 1.807) is 0 Å². The summed E-state index contributed by atoms with van der Waals surface area (Å²) in [4.78, 5) is 0. The zero-order chi connectivity index (χ0) is 19.4. The maximum atomic E-state index is 6.25. The van der Waals surface area contributed by atoms with Crippen molar-refractivity contribution in [3.8, 4) is 0 Å². The molecule has 0 saturated heterocycles. The first kappa shape index (κ1) is 17.4. The summed E-state index contributed by atoms with van der Waals surface area (Å²) in [6.07, 6.45) is 2.26. The molecule has 2 heteroatoms. The monoisotopic (exact) mass is 370 g/mol. The Balaban J connectivity index is 1.72. The van der Waals surface area contributed by atoms with Crippen LogP contribution in [0.15, 0.2) is 57.4 Å². The zero-order valence-corrected chi connectivity index (χ0v) is 17.0. The van der Waals surface area contributed by atoms with Gasteiger partial charge in [0, 0.05) is 21.5 Å². The van der Waals surface area contributed by atoms with Crippen LogP contribution < -0.4 is 0 Å². The summed E-state index contributed by atoms with van der Waals surface area (Å²) >= 11 is 0. The van der Waals surface area contributed by atoms with Crippen LogP contribution in [0.3, 0.4) is 0 Å². The first-order valence-electron chi connectivity index (χ1n) is 10.4. The molecule has 0 amide bonds.